The summed E-state index contributed by atoms with van der Waals surface area (Å²) in [5, 5.41) is 18.6. The molecule has 156 valence electrons. The van der Waals surface area contributed by atoms with Gasteiger partial charge in [0.15, 0.2) is 0 Å². The Morgan fingerprint density at radius 2 is 1.93 bits per heavy atom. The summed E-state index contributed by atoms with van der Waals surface area (Å²) in [5.74, 6) is -0.987. The molecule has 1 aliphatic heterocycles. The summed E-state index contributed by atoms with van der Waals surface area (Å²) in [7, 11) is 0. The smallest absolute Gasteiger partial charge is 0.307 e. The topological polar surface area (TPSA) is 70.3 Å². The van der Waals surface area contributed by atoms with Gasteiger partial charge in [-0.15, -0.1) is 0 Å². The van der Waals surface area contributed by atoms with Crippen molar-refractivity contribution in [1.82, 2.24) is 0 Å². The molecule has 0 spiro atoms. The minimum absolute atomic E-state index is 0.152. The highest BCUT2D eigenvalue weighted by molar-refractivity contribution is 5.72. The van der Waals surface area contributed by atoms with Crippen molar-refractivity contribution in [1.29, 1.82) is 5.26 Å². The number of aliphatic carboxylic acids is 1. The molecule has 0 fully saturated rings. The highest BCUT2D eigenvalue weighted by atomic mass is 19.1. The molecule has 0 atom stereocenters. The van der Waals surface area contributed by atoms with Gasteiger partial charge in [-0.1, -0.05) is 32.6 Å². The van der Waals surface area contributed by atoms with Gasteiger partial charge in [-0.2, -0.15) is 5.26 Å². The Morgan fingerprint density at radius 3 is 2.53 bits per heavy atom. The Hall–Kier alpha value is -3.13. The standard InChI is InChI=1S/C25H26FNO3/c1-15(8-16-6-7-17(12-22(28)29)21(26)9-16)18-10-19(13-27)23-20(11-18)24(2,3)14-25(4,5)30-23/h6-7,9-11H,1,8,12,14H2,2-5H3,(H,28,29). The number of ether oxygens (including phenoxy) is 1. The van der Waals surface area contributed by atoms with Crippen LogP contribution < -0.4 is 4.74 Å². The van der Waals surface area contributed by atoms with Crippen molar-refractivity contribution in [2.45, 2.75) is 58.0 Å². The SMILES string of the molecule is C=C(Cc1ccc(CC(=O)O)c(F)c1)c1cc(C#N)c2c(c1)C(C)(C)CC(C)(C)O2. The second-order valence-corrected chi connectivity index (χ2v) is 9.21. The number of rotatable bonds is 5. The van der Waals surface area contributed by atoms with Gasteiger partial charge in [0.2, 0.25) is 0 Å². The zero-order chi connectivity index (χ0) is 22.3. The Morgan fingerprint density at radius 1 is 1.23 bits per heavy atom. The summed E-state index contributed by atoms with van der Waals surface area (Å²) >= 11 is 0. The van der Waals surface area contributed by atoms with Crippen LogP contribution in [0.5, 0.6) is 5.75 Å². The lowest BCUT2D eigenvalue weighted by molar-refractivity contribution is -0.136. The van der Waals surface area contributed by atoms with Crippen LogP contribution in [-0.4, -0.2) is 16.7 Å². The first-order chi connectivity index (χ1) is 13.9. The average Bonchev–Trinajstić information content (AvgIpc) is 2.61. The van der Waals surface area contributed by atoms with E-state index in [0.717, 1.165) is 23.1 Å². The van der Waals surface area contributed by atoms with Crippen molar-refractivity contribution < 1.29 is 19.0 Å². The van der Waals surface area contributed by atoms with E-state index in [9.17, 15) is 14.4 Å². The molecule has 0 saturated carbocycles. The summed E-state index contributed by atoms with van der Waals surface area (Å²) in [6.45, 7) is 12.5. The van der Waals surface area contributed by atoms with Gasteiger partial charge in [0.1, 0.15) is 23.2 Å². The van der Waals surface area contributed by atoms with Gasteiger partial charge < -0.3 is 9.84 Å². The molecule has 1 aliphatic rings. The van der Waals surface area contributed by atoms with E-state index in [1.165, 1.54) is 12.1 Å². The van der Waals surface area contributed by atoms with Crippen LogP contribution in [0.4, 0.5) is 4.39 Å². The first kappa shape index (κ1) is 21.6. The van der Waals surface area contributed by atoms with Gasteiger partial charge in [0.25, 0.3) is 0 Å². The molecule has 2 aromatic rings. The van der Waals surface area contributed by atoms with Crippen molar-refractivity contribution in [2.24, 2.45) is 0 Å². The van der Waals surface area contributed by atoms with Crippen LogP contribution in [0.15, 0.2) is 36.9 Å². The van der Waals surface area contributed by atoms with Gasteiger partial charge >= 0.3 is 5.97 Å². The Kier molecular flexibility index (Phi) is 5.47. The van der Waals surface area contributed by atoms with Crippen LogP contribution in [0.1, 0.15) is 61.9 Å². The Balaban J connectivity index is 1.94. The predicted octanol–water partition coefficient (Wildman–Crippen LogP) is 5.42. The number of halogens is 1. The first-order valence-corrected chi connectivity index (χ1v) is 9.87. The third-order valence-electron chi connectivity index (χ3n) is 5.47. The van der Waals surface area contributed by atoms with Crippen LogP contribution in [0, 0.1) is 17.1 Å². The fourth-order valence-corrected chi connectivity index (χ4v) is 4.36. The molecule has 4 nitrogen and oxygen atoms in total. The molecular formula is C25H26FNO3. The number of fused-ring (bicyclic) bond motifs is 1. The summed E-state index contributed by atoms with van der Waals surface area (Å²) in [5.41, 5.74) is 3.31. The molecule has 0 unspecified atom stereocenters. The number of carboxylic acid groups (broad SMARTS) is 1. The van der Waals surface area contributed by atoms with E-state index in [1.807, 2.05) is 19.9 Å². The van der Waals surface area contributed by atoms with E-state index >= 15 is 0 Å². The summed E-state index contributed by atoms with van der Waals surface area (Å²) in [6.07, 6.45) is 0.847. The monoisotopic (exact) mass is 407 g/mol. The quantitative estimate of drug-likeness (QED) is 0.718. The zero-order valence-electron chi connectivity index (χ0n) is 17.8. The van der Waals surface area contributed by atoms with E-state index < -0.39 is 11.8 Å². The average molecular weight is 407 g/mol. The summed E-state index contributed by atoms with van der Waals surface area (Å²) in [4.78, 5) is 10.8. The normalized spacial score (nSPS) is 16.1. The summed E-state index contributed by atoms with van der Waals surface area (Å²) < 4.78 is 20.4. The second kappa shape index (κ2) is 7.60. The van der Waals surface area contributed by atoms with Gasteiger partial charge in [0.05, 0.1) is 12.0 Å². The number of nitriles is 1. The van der Waals surface area contributed by atoms with Crippen LogP contribution in [0.3, 0.4) is 0 Å². The first-order valence-electron chi connectivity index (χ1n) is 9.87. The number of hydrogen-bond donors (Lipinski definition) is 1. The van der Waals surface area contributed by atoms with E-state index in [4.69, 9.17) is 9.84 Å². The van der Waals surface area contributed by atoms with E-state index in [-0.39, 0.29) is 23.0 Å². The van der Waals surface area contributed by atoms with Crippen molar-refractivity contribution in [3.63, 3.8) is 0 Å². The molecule has 0 saturated heterocycles. The molecule has 0 aromatic heterocycles. The maximum atomic E-state index is 14.2. The Bertz CT molecular complexity index is 1080. The van der Waals surface area contributed by atoms with E-state index in [1.54, 1.807) is 12.1 Å². The van der Waals surface area contributed by atoms with Gasteiger partial charge in [-0.05, 0) is 72.6 Å². The maximum absolute atomic E-state index is 14.2. The fourth-order valence-electron chi connectivity index (χ4n) is 4.36. The maximum Gasteiger partial charge on any atom is 0.307 e. The molecule has 0 radical (unpaired) electrons. The lowest BCUT2D eigenvalue weighted by Gasteiger charge is -2.43. The molecule has 3 rings (SSSR count). The molecule has 2 aromatic carbocycles. The minimum atomic E-state index is -1.07. The minimum Gasteiger partial charge on any atom is -0.486 e. The number of benzene rings is 2. The van der Waals surface area contributed by atoms with Crippen LogP contribution in [0.25, 0.3) is 5.57 Å². The van der Waals surface area contributed by atoms with Crippen molar-refractivity contribution in [3.05, 3.63) is 70.5 Å². The lowest BCUT2D eigenvalue weighted by Crippen LogP contribution is -2.41. The van der Waals surface area contributed by atoms with Gasteiger partial charge in [0, 0.05) is 5.56 Å². The highest BCUT2D eigenvalue weighted by Crippen LogP contribution is 2.47. The fraction of sp³-hybridized carbons (Fsp3) is 0.360. The molecule has 30 heavy (non-hydrogen) atoms. The Labute approximate surface area is 176 Å². The predicted molar refractivity (Wildman–Crippen MR) is 114 cm³/mol. The molecule has 1 N–H and O–H groups in total. The third kappa shape index (κ3) is 4.38. The van der Waals surface area contributed by atoms with Crippen LogP contribution in [0.2, 0.25) is 0 Å². The molecular weight excluding hydrogens is 381 g/mol. The molecule has 0 aliphatic carbocycles. The number of nitrogens with zero attached hydrogens (tertiary/aromatic N) is 1. The molecule has 1 heterocycles. The molecule has 5 heteroatoms. The highest BCUT2D eigenvalue weighted by Gasteiger charge is 2.40. The zero-order valence-corrected chi connectivity index (χ0v) is 17.8. The molecule has 0 amide bonds. The lowest BCUT2D eigenvalue weighted by atomic mass is 9.72. The largest absolute Gasteiger partial charge is 0.486 e. The van der Waals surface area contributed by atoms with E-state index in [0.29, 0.717) is 23.3 Å². The van der Waals surface area contributed by atoms with Gasteiger partial charge in [-0.3, -0.25) is 4.79 Å². The number of hydrogen-bond acceptors (Lipinski definition) is 3. The third-order valence-corrected chi connectivity index (χ3v) is 5.47. The second-order valence-electron chi connectivity index (χ2n) is 9.21. The number of allylic oxidation sites excluding steroid dienone is 1. The number of carboxylic acids is 1. The van der Waals surface area contributed by atoms with Crippen LogP contribution in [-0.2, 0) is 23.1 Å². The van der Waals surface area contributed by atoms with Gasteiger partial charge in [-0.25, -0.2) is 4.39 Å². The summed E-state index contributed by atoms with van der Waals surface area (Å²) in [6, 6.07) is 10.6. The van der Waals surface area contributed by atoms with Crippen molar-refractivity contribution in [2.75, 3.05) is 0 Å². The van der Waals surface area contributed by atoms with Crippen molar-refractivity contribution in [3.8, 4) is 11.8 Å². The van der Waals surface area contributed by atoms with Crippen LogP contribution >= 0.6 is 0 Å². The van der Waals surface area contributed by atoms with Crippen molar-refractivity contribution >= 4 is 11.5 Å². The number of carbonyl (C=O) groups is 1. The van der Waals surface area contributed by atoms with E-state index in [2.05, 4.69) is 26.5 Å². The molecule has 0 bridgehead atoms.